The quantitative estimate of drug-likeness (QED) is 0.179. The van der Waals surface area contributed by atoms with Crippen LogP contribution in [0.15, 0.2) is 182 Å². The van der Waals surface area contributed by atoms with Gasteiger partial charge in [0.2, 0.25) is 5.95 Å². The highest BCUT2D eigenvalue weighted by Crippen LogP contribution is 2.43. The maximum Gasteiger partial charge on any atom is 0.238 e. The summed E-state index contributed by atoms with van der Waals surface area (Å²) < 4.78 is 4.67. The van der Waals surface area contributed by atoms with Crippen LogP contribution in [-0.4, -0.2) is 19.5 Å². The Bertz CT molecular complexity index is 3200. The zero-order valence-corrected chi connectivity index (χ0v) is 29.8. The molecule has 0 amide bonds. The molecule has 0 bridgehead atoms. The van der Waals surface area contributed by atoms with E-state index in [1.54, 1.807) is 11.3 Å². The molecule has 0 radical (unpaired) electrons. The molecule has 11 aromatic rings. The highest BCUT2D eigenvalue weighted by molar-refractivity contribution is 7.26. The summed E-state index contributed by atoms with van der Waals surface area (Å²) in [5, 5.41) is 7.18. The minimum absolute atomic E-state index is 0.580. The Labute approximate surface area is 315 Å². The van der Waals surface area contributed by atoms with Gasteiger partial charge in [0.25, 0.3) is 0 Å². The zero-order valence-electron chi connectivity index (χ0n) is 29.0. The first-order chi connectivity index (χ1) is 26.8. The number of hydrogen-bond acceptors (Lipinski definition) is 4. The minimum Gasteiger partial charge on any atom is -0.278 e. The summed E-state index contributed by atoms with van der Waals surface area (Å²) in [6.45, 7) is 0. The lowest BCUT2D eigenvalue weighted by atomic mass is 9.94. The molecular weight excluding hydrogens is 677 g/mol. The van der Waals surface area contributed by atoms with Crippen molar-refractivity contribution in [2.24, 2.45) is 0 Å². The molecule has 3 aromatic heterocycles. The predicted octanol–water partition coefficient (Wildman–Crippen LogP) is 13.2. The number of nitrogens with zero attached hydrogens (tertiary/aromatic N) is 4. The van der Waals surface area contributed by atoms with Gasteiger partial charge in [0, 0.05) is 42.1 Å². The molecule has 0 saturated carbocycles. The third-order valence-electron chi connectivity index (χ3n) is 10.5. The van der Waals surface area contributed by atoms with E-state index in [0.717, 1.165) is 44.2 Å². The fourth-order valence-corrected chi connectivity index (χ4v) is 9.20. The van der Waals surface area contributed by atoms with E-state index in [1.807, 2.05) is 18.2 Å². The average Bonchev–Trinajstić information content (AvgIpc) is 3.80. The summed E-state index contributed by atoms with van der Waals surface area (Å²) in [6, 6.07) is 64.4. The summed E-state index contributed by atoms with van der Waals surface area (Å²) in [6.07, 6.45) is 0. The van der Waals surface area contributed by atoms with Crippen LogP contribution in [0.3, 0.4) is 0 Å². The maximum absolute atomic E-state index is 5.42. The fourth-order valence-electron chi connectivity index (χ4n) is 7.98. The highest BCUT2D eigenvalue weighted by Gasteiger charge is 2.22. The predicted molar refractivity (Wildman–Crippen MR) is 226 cm³/mol. The SMILES string of the molecule is c1ccc(-c2ccc3c4c5ccccc5c(-c5ccccc5)cc4n(-c4nc(-c5ccccc5)nc(-c5cccc6c5sc5ccccc56)n4)c3c2)cc1. The van der Waals surface area contributed by atoms with Crippen LogP contribution in [0.5, 0.6) is 0 Å². The average molecular weight is 707 g/mol. The number of benzene rings is 8. The topological polar surface area (TPSA) is 43.6 Å². The number of rotatable bonds is 5. The Balaban J connectivity index is 1.28. The maximum atomic E-state index is 5.42. The van der Waals surface area contributed by atoms with Crippen molar-refractivity contribution in [1.82, 2.24) is 19.5 Å². The summed E-state index contributed by atoms with van der Waals surface area (Å²) in [5.41, 5.74) is 8.63. The Morgan fingerprint density at radius 3 is 1.78 bits per heavy atom. The van der Waals surface area contributed by atoms with Crippen LogP contribution < -0.4 is 0 Å². The van der Waals surface area contributed by atoms with Gasteiger partial charge in [-0.1, -0.05) is 158 Å². The number of fused-ring (bicyclic) bond motifs is 8. The third kappa shape index (κ3) is 4.86. The molecule has 252 valence electrons. The molecule has 0 N–H and O–H groups in total. The largest absolute Gasteiger partial charge is 0.278 e. The zero-order chi connectivity index (χ0) is 35.6. The molecule has 5 heteroatoms. The smallest absolute Gasteiger partial charge is 0.238 e. The lowest BCUT2D eigenvalue weighted by Crippen LogP contribution is -2.06. The normalized spacial score (nSPS) is 11.7. The van der Waals surface area contributed by atoms with Crippen LogP contribution in [0.2, 0.25) is 0 Å². The van der Waals surface area contributed by atoms with E-state index in [2.05, 4.69) is 168 Å². The molecular formula is C49H30N4S. The van der Waals surface area contributed by atoms with E-state index in [1.165, 1.54) is 41.9 Å². The van der Waals surface area contributed by atoms with Crippen molar-refractivity contribution in [3.05, 3.63) is 182 Å². The second kappa shape index (κ2) is 12.3. The van der Waals surface area contributed by atoms with Gasteiger partial charge in [0.05, 0.1) is 11.0 Å². The Kier molecular flexibility index (Phi) is 7.00. The Hall–Kier alpha value is -6.95. The van der Waals surface area contributed by atoms with Crippen LogP contribution in [0.4, 0.5) is 0 Å². The first-order valence-electron chi connectivity index (χ1n) is 18.1. The molecule has 0 atom stereocenters. The van der Waals surface area contributed by atoms with Gasteiger partial charge < -0.3 is 0 Å². The van der Waals surface area contributed by atoms with Crippen molar-refractivity contribution in [3.8, 4) is 51.0 Å². The summed E-state index contributed by atoms with van der Waals surface area (Å²) in [5.74, 6) is 1.86. The highest BCUT2D eigenvalue weighted by atomic mass is 32.1. The molecule has 0 fully saturated rings. The lowest BCUT2D eigenvalue weighted by Gasteiger charge is -2.13. The first-order valence-corrected chi connectivity index (χ1v) is 18.9. The van der Waals surface area contributed by atoms with Gasteiger partial charge in [-0.3, -0.25) is 4.57 Å². The number of aromatic nitrogens is 4. The van der Waals surface area contributed by atoms with Crippen LogP contribution in [-0.2, 0) is 0 Å². The molecule has 4 nitrogen and oxygen atoms in total. The number of thiophene rings is 1. The summed E-state index contributed by atoms with van der Waals surface area (Å²) in [4.78, 5) is 16.0. The van der Waals surface area contributed by atoms with Crippen molar-refractivity contribution < 1.29 is 0 Å². The minimum atomic E-state index is 0.580. The molecule has 0 aliphatic rings. The number of hydrogen-bond donors (Lipinski definition) is 0. The molecule has 0 spiro atoms. The van der Waals surface area contributed by atoms with Gasteiger partial charge in [-0.2, -0.15) is 9.97 Å². The molecule has 0 unspecified atom stereocenters. The van der Waals surface area contributed by atoms with Gasteiger partial charge in [0.1, 0.15) is 0 Å². The van der Waals surface area contributed by atoms with Crippen LogP contribution in [0.25, 0.3) is 104 Å². The van der Waals surface area contributed by atoms with E-state index >= 15 is 0 Å². The van der Waals surface area contributed by atoms with Gasteiger partial charge in [0.15, 0.2) is 11.6 Å². The van der Waals surface area contributed by atoms with Gasteiger partial charge in [-0.15, -0.1) is 11.3 Å². The van der Waals surface area contributed by atoms with Crippen molar-refractivity contribution in [1.29, 1.82) is 0 Å². The monoisotopic (exact) mass is 706 g/mol. The molecule has 11 rings (SSSR count). The van der Waals surface area contributed by atoms with Crippen molar-refractivity contribution in [3.63, 3.8) is 0 Å². The van der Waals surface area contributed by atoms with Gasteiger partial charge in [-0.05, 0) is 57.3 Å². The molecule has 54 heavy (non-hydrogen) atoms. The molecule has 0 aliphatic heterocycles. The summed E-state index contributed by atoms with van der Waals surface area (Å²) in [7, 11) is 0. The second-order valence-corrected chi connectivity index (χ2v) is 14.6. The molecule has 0 aliphatic carbocycles. The molecule has 3 heterocycles. The van der Waals surface area contributed by atoms with Crippen LogP contribution in [0, 0.1) is 0 Å². The van der Waals surface area contributed by atoms with Crippen LogP contribution >= 0.6 is 11.3 Å². The van der Waals surface area contributed by atoms with Crippen molar-refractivity contribution in [2.45, 2.75) is 0 Å². The second-order valence-electron chi connectivity index (χ2n) is 13.6. The van der Waals surface area contributed by atoms with Gasteiger partial charge in [-0.25, -0.2) is 4.98 Å². The Morgan fingerprint density at radius 1 is 0.370 bits per heavy atom. The lowest BCUT2D eigenvalue weighted by molar-refractivity contribution is 0.955. The standard InChI is InChI=1S/C49H30N4S/c1-4-15-31(16-5-1)34-27-28-39-42(29-34)53(43-30-41(32-17-6-2-7-18-32)35-21-10-11-23-37(35)45(39)43)49-51-47(33-19-8-3-9-20-33)50-48(52-49)40-25-14-24-38-36-22-12-13-26-44(36)54-46(38)40/h1-30H. The van der Waals surface area contributed by atoms with E-state index in [-0.39, 0.29) is 0 Å². The van der Waals surface area contributed by atoms with E-state index in [9.17, 15) is 0 Å². The van der Waals surface area contributed by atoms with E-state index in [4.69, 9.17) is 15.0 Å². The Morgan fingerprint density at radius 2 is 1.00 bits per heavy atom. The van der Waals surface area contributed by atoms with Crippen molar-refractivity contribution in [2.75, 3.05) is 0 Å². The first kappa shape index (κ1) is 30.7. The summed E-state index contributed by atoms with van der Waals surface area (Å²) >= 11 is 1.79. The van der Waals surface area contributed by atoms with Crippen LogP contribution in [0.1, 0.15) is 0 Å². The van der Waals surface area contributed by atoms with E-state index in [0.29, 0.717) is 17.6 Å². The third-order valence-corrected chi connectivity index (χ3v) is 11.7. The van der Waals surface area contributed by atoms with Gasteiger partial charge >= 0.3 is 0 Å². The van der Waals surface area contributed by atoms with E-state index < -0.39 is 0 Å². The fraction of sp³-hybridized carbons (Fsp3) is 0. The molecule has 0 saturated heterocycles. The molecule has 8 aromatic carbocycles. The van der Waals surface area contributed by atoms with Crippen molar-refractivity contribution >= 4 is 64.1 Å².